The van der Waals surface area contributed by atoms with Gasteiger partial charge in [0.1, 0.15) is 10.6 Å². The molecule has 3 aromatic carbocycles. The number of carbonyl (C=O) groups excluding carboxylic acids is 3. The number of benzene rings is 3. The number of unbranched alkanes of at least 4 members (excludes halogenated alkanes) is 1. The van der Waals surface area contributed by atoms with Gasteiger partial charge in [-0.2, -0.15) is 0 Å². The Bertz CT molecular complexity index is 1320. The van der Waals surface area contributed by atoms with E-state index in [4.69, 9.17) is 16.3 Å². The molecule has 1 aliphatic rings. The average molecular weight is 535 g/mol. The van der Waals surface area contributed by atoms with E-state index in [-0.39, 0.29) is 10.6 Å². The molecule has 4 rings (SSSR count). The van der Waals surface area contributed by atoms with E-state index < -0.39 is 17.8 Å². The van der Waals surface area contributed by atoms with Crippen LogP contribution in [0, 0.1) is 0 Å². The van der Waals surface area contributed by atoms with Crippen molar-refractivity contribution < 1.29 is 19.1 Å². The standard InChI is InChI=1S/C29H27ClN2O4S/c1-3-5-18-36-29(35)20-8-14-23(15-9-20)32-27(33)25(31-22-12-6-19(4-2)7-13-22)26(28(32)34)37-24-16-10-21(30)11-17-24/h6-17,31H,3-5,18H2,1-2H3. The van der Waals surface area contributed by atoms with Crippen molar-refractivity contribution in [1.29, 1.82) is 0 Å². The molecule has 0 saturated heterocycles. The van der Waals surface area contributed by atoms with Crippen molar-refractivity contribution in [3.63, 3.8) is 0 Å². The van der Waals surface area contributed by atoms with Crippen LogP contribution in [0.4, 0.5) is 11.4 Å². The average Bonchev–Trinajstić information content (AvgIpc) is 3.14. The highest BCUT2D eigenvalue weighted by Gasteiger charge is 2.40. The summed E-state index contributed by atoms with van der Waals surface area (Å²) in [5, 5.41) is 3.74. The summed E-state index contributed by atoms with van der Waals surface area (Å²) in [6.07, 6.45) is 2.61. The summed E-state index contributed by atoms with van der Waals surface area (Å²) in [7, 11) is 0. The van der Waals surface area contributed by atoms with Crippen LogP contribution in [-0.4, -0.2) is 24.4 Å². The van der Waals surface area contributed by atoms with Crippen LogP contribution in [0.3, 0.4) is 0 Å². The topological polar surface area (TPSA) is 75.7 Å². The smallest absolute Gasteiger partial charge is 0.338 e. The van der Waals surface area contributed by atoms with E-state index in [0.717, 1.165) is 29.1 Å². The maximum atomic E-state index is 13.6. The summed E-state index contributed by atoms with van der Waals surface area (Å²) < 4.78 is 5.25. The zero-order valence-corrected chi connectivity index (χ0v) is 22.2. The Morgan fingerprint density at radius 1 is 0.919 bits per heavy atom. The maximum absolute atomic E-state index is 13.6. The highest BCUT2D eigenvalue weighted by molar-refractivity contribution is 8.04. The number of nitrogens with one attached hydrogen (secondary N) is 1. The zero-order chi connectivity index (χ0) is 26.4. The minimum Gasteiger partial charge on any atom is -0.462 e. The minimum atomic E-state index is -0.473. The molecule has 1 N–H and O–H groups in total. The largest absolute Gasteiger partial charge is 0.462 e. The van der Waals surface area contributed by atoms with Crippen LogP contribution in [-0.2, 0) is 20.7 Å². The molecule has 0 spiro atoms. The minimum absolute atomic E-state index is 0.192. The van der Waals surface area contributed by atoms with Gasteiger partial charge < -0.3 is 10.1 Å². The van der Waals surface area contributed by atoms with Gasteiger partial charge in [0.05, 0.1) is 17.9 Å². The molecule has 0 fully saturated rings. The van der Waals surface area contributed by atoms with Crippen LogP contribution in [0.15, 0.2) is 88.3 Å². The Hall–Kier alpha value is -3.55. The number of esters is 1. The summed E-state index contributed by atoms with van der Waals surface area (Å²) in [5.74, 6) is -1.36. The SMILES string of the molecule is CCCCOC(=O)c1ccc(N2C(=O)C(Nc3ccc(CC)cc3)=C(Sc3ccc(Cl)cc3)C2=O)cc1. The van der Waals surface area contributed by atoms with Crippen LogP contribution in [0.5, 0.6) is 0 Å². The normalized spacial score (nSPS) is 13.3. The van der Waals surface area contributed by atoms with Gasteiger partial charge in [-0.05, 0) is 79.1 Å². The fourth-order valence-corrected chi connectivity index (χ4v) is 4.73. The van der Waals surface area contributed by atoms with Gasteiger partial charge in [0.15, 0.2) is 0 Å². The lowest BCUT2D eigenvalue weighted by Gasteiger charge is -2.16. The van der Waals surface area contributed by atoms with Crippen molar-refractivity contribution in [3.05, 3.63) is 99.5 Å². The molecule has 2 amide bonds. The predicted molar refractivity (Wildman–Crippen MR) is 148 cm³/mol. The molecule has 0 radical (unpaired) electrons. The van der Waals surface area contributed by atoms with Gasteiger partial charge in [-0.1, -0.05) is 55.8 Å². The van der Waals surface area contributed by atoms with Gasteiger partial charge in [-0.15, -0.1) is 0 Å². The van der Waals surface area contributed by atoms with E-state index in [2.05, 4.69) is 12.2 Å². The lowest BCUT2D eigenvalue weighted by atomic mass is 10.1. The number of ether oxygens (including phenoxy) is 1. The Balaban J connectivity index is 1.62. The highest BCUT2D eigenvalue weighted by Crippen LogP contribution is 2.38. The van der Waals surface area contributed by atoms with Crippen molar-refractivity contribution in [2.24, 2.45) is 0 Å². The monoisotopic (exact) mass is 534 g/mol. The van der Waals surface area contributed by atoms with E-state index in [0.29, 0.717) is 28.6 Å². The summed E-state index contributed by atoms with van der Waals surface area (Å²) >= 11 is 7.22. The molecule has 0 aliphatic carbocycles. The molecule has 0 saturated carbocycles. The molecule has 3 aromatic rings. The molecule has 0 atom stereocenters. The van der Waals surface area contributed by atoms with Gasteiger partial charge in [0.25, 0.3) is 11.8 Å². The van der Waals surface area contributed by atoms with Crippen LogP contribution in [0.25, 0.3) is 0 Å². The second kappa shape index (κ2) is 12.1. The number of aryl methyl sites for hydroxylation is 1. The number of amides is 2. The van der Waals surface area contributed by atoms with Crippen LogP contribution in [0.1, 0.15) is 42.6 Å². The molecule has 0 unspecified atom stereocenters. The molecule has 190 valence electrons. The van der Waals surface area contributed by atoms with Crippen molar-refractivity contribution in [2.45, 2.75) is 38.0 Å². The quantitative estimate of drug-likeness (QED) is 0.174. The number of carbonyl (C=O) groups is 3. The van der Waals surface area contributed by atoms with Crippen molar-refractivity contribution >= 4 is 52.5 Å². The number of rotatable bonds is 10. The van der Waals surface area contributed by atoms with E-state index >= 15 is 0 Å². The molecule has 0 aromatic heterocycles. The van der Waals surface area contributed by atoms with Crippen LogP contribution in [0.2, 0.25) is 5.02 Å². The molecular weight excluding hydrogens is 508 g/mol. The van der Waals surface area contributed by atoms with Crippen LogP contribution < -0.4 is 10.2 Å². The van der Waals surface area contributed by atoms with E-state index in [1.165, 1.54) is 17.3 Å². The second-order valence-corrected chi connectivity index (χ2v) is 9.94. The molecule has 0 bridgehead atoms. The number of nitrogens with zero attached hydrogens (tertiary/aromatic N) is 1. The first-order valence-electron chi connectivity index (χ1n) is 12.1. The summed E-state index contributed by atoms with van der Waals surface area (Å²) in [6, 6.07) is 21.1. The first kappa shape index (κ1) is 26.5. The highest BCUT2D eigenvalue weighted by atomic mass is 35.5. The fourth-order valence-electron chi connectivity index (χ4n) is 3.68. The zero-order valence-electron chi connectivity index (χ0n) is 20.6. The molecule has 8 heteroatoms. The third-order valence-electron chi connectivity index (χ3n) is 5.80. The lowest BCUT2D eigenvalue weighted by molar-refractivity contribution is -0.120. The van der Waals surface area contributed by atoms with Gasteiger partial charge in [-0.25, -0.2) is 9.69 Å². The second-order valence-electron chi connectivity index (χ2n) is 8.42. The Kier molecular flexibility index (Phi) is 8.69. The molecule has 1 heterocycles. The maximum Gasteiger partial charge on any atom is 0.338 e. The fraction of sp³-hybridized carbons (Fsp3) is 0.207. The van der Waals surface area contributed by atoms with Gasteiger partial charge in [-0.3, -0.25) is 9.59 Å². The Morgan fingerprint density at radius 3 is 2.22 bits per heavy atom. The number of anilines is 2. The summed E-state index contributed by atoms with van der Waals surface area (Å²) in [4.78, 5) is 41.5. The number of halogens is 1. The molecule has 6 nitrogen and oxygen atoms in total. The number of hydrogen-bond acceptors (Lipinski definition) is 6. The van der Waals surface area contributed by atoms with Gasteiger partial charge in [0.2, 0.25) is 0 Å². The van der Waals surface area contributed by atoms with Crippen molar-refractivity contribution in [3.8, 4) is 0 Å². The third kappa shape index (κ3) is 6.24. The lowest BCUT2D eigenvalue weighted by Crippen LogP contribution is -2.32. The predicted octanol–water partition coefficient (Wildman–Crippen LogP) is 6.85. The number of hydrogen-bond donors (Lipinski definition) is 1. The van der Waals surface area contributed by atoms with E-state index in [1.54, 1.807) is 48.5 Å². The molecule has 1 aliphatic heterocycles. The first-order valence-corrected chi connectivity index (χ1v) is 13.3. The number of thioether (sulfide) groups is 1. The van der Waals surface area contributed by atoms with Crippen molar-refractivity contribution in [1.82, 2.24) is 0 Å². The van der Waals surface area contributed by atoms with Gasteiger partial charge in [0, 0.05) is 15.6 Å². The van der Waals surface area contributed by atoms with E-state index in [1.807, 2.05) is 31.2 Å². The molecule has 37 heavy (non-hydrogen) atoms. The number of imide groups is 1. The Morgan fingerprint density at radius 2 is 1.59 bits per heavy atom. The van der Waals surface area contributed by atoms with Crippen LogP contribution >= 0.6 is 23.4 Å². The molecular formula is C29H27ClN2O4S. The summed E-state index contributed by atoms with van der Waals surface area (Å²) in [5.41, 5.74) is 2.79. The first-order chi connectivity index (χ1) is 17.9. The summed E-state index contributed by atoms with van der Waals surface area (Å²) in [6.45, 7) is 4.44. The Labute approximate surface area is 225 Å². The van der Waals surface area contributed by atoms with E-state index in [9.17, 15) is 14.4 Å². The third-order valence-corrected chi connectivity index (χ3v) is 7.14. The van der Waals surface area contributed by atoms with Crippen molar-refractivity contribution in [2.75, 3.05) is 16.8 Å². The van der Waals surface area contributed by atoms with Gasteiger partial charge >= 0.3 is 5.97 Å².